The Morgan fingerprint density at radius 2 is 0.983 bits per heavy atom. The first-order chi connectivity index (χ1) is 29.7. The SMILES string of the molecule is c1ccc(-c2cc(-c3ccccc3)nc(-c3cccc(-n4c5ccc(-c6ccc7c(c6)-c6cccc8cccc(c68)O7)cc5c5cccc(-c6ccccc6)c54)c3)c2)cc1. The molecule has 0 bridgehead atoms. The molecule has 60 heavy (non-hydrogen) atoms. The summed E-state index contributed by atoms with van der Waals surface area (Å²) in [4.78, 5) is 5.29. The molecule has 12 rings (SSSR count). The van der Waals surface area contributed by atoms with Crippen molar-refractivity contribution in [3.63, 3.8) is 0 Å². The van der Waals surface area contributed by atoms with E-state index in [-0.39, 0.29) is 0 Å². The zero-order valence-electron chi connectivity index (χ0n) is 32.6. The topological polar surface area (TPSA) is 27.1 Å². The predicted molar refractivity (Wildman–Crippen MR) is 249 cm³/mol. The molecule has 0 aliphatic carbocycles. The summed E-state index contributed by atoms with van der Waals surface area (Å²) in [6.07, 6.45) is 0. The molecule has 11 aromatic rings. The van der Waals surface area contributed by atoms with E-state index in [1.54, 1.807) is 0 Å². The van der Waals surface area contributed by atoms with Crippen LogP contribution in [0.25, 0.3) is 105 Å². The number of para-hydroxylation sites is 1. The van der Waals surface area contributed by atoms with Gasteiger partial charge in [-0.05, 0) is 93.4 Å². The first kappa shape index (κ1) is 34.1. The lowest BCUT2D eigenvalue weighted by molar-refractivity contribution is 0.487. The van der Waals surface area contributed by atoms with E-state index in [9.17, 15) is 0 Å². The van der Waals surface area contributed by atoms with E-state index >= 15 is 0 Å². The predicted octanol–water partition coefficient (Wildman–Crippen LogP) is 15.4. The Morgan fingerprint density at radius 1 is 0.350 bits per heavy atom. The maximum Gasteiger partial charge on any atom is 0.135 e. The van der Waals surface area contributed by atoms with Crippen LogP contribution >= 0.6 is 0 Å². The lowest BCUT2D eigenvalue weighted by Gasteiger charge is -2.22. The van der Waals surface area contributed by atoms with Gasteiger partial charge in [-0.1, -0.05) is 164 Å². The van der Waals surface area contributed by atoms with E-state index in [2.05, 4.69) is 223 Å². The van der Waals surface area contributed by atoms with Crippen molar-refractivity contribution in [3.8, 4) is 84.2 Å². The average Bonchev–Trinajstić information content (AvgIpc) is 3.66. The van der Waals surface area contributed by atoms with Crippen LogP contribution in [0, 0.1) is 0 Å². The summed E-state index contributed by atoms with van der Waals surface area (Å²) >= 11 is 0. The van der Waals surface area contributed by atoms with Crippen LogP contribution in [0.4, 0.5) is 0 Å². The van der Waals surface area contributed by atoms with Gasteiger partial charge in [-0.25, -0.2) is 4.98 Å². The number of aromatic nitrogens is 2. The maximum absolute atomic E-state index is 6.47. The molecule has 1 aliphatic rings. The first-order valence-corrected chi connectivity index (χ1v) is 20.4. The van der Waals surface area contributed by atoms with Gasteiger partial charge >= 0.3 is 0 Å². The van der Waals surface area contributed by atoms with Gasteiger partial charge in [0.2, 0.25) is 0 Å². The molecule has 1 aliphatic heterocycles. The minimum absolute atomic E-state index is 0.884. The van der Waals surface area contributed by atoms with Crippen molar-refractivity contribution in [3.05, 3.63) is 218 Å². The third kappa shape index (κ3) is 5.63. The number of benzene rings is 9. The Labute approximate surface area is 348 Å². The molecular weight excluding hydrogens is 729 g/mol. The molecule has 9 aromatic carbocycles. The van der Waals surface area contributed by atoms with Crippen LogP contribution in [0.2, 0.25) is 0 Å². The molecule has 2 aromatic heterocycles. The zero-order chi connectivity index (χ0) is 39.6. The van der Waals surface area contributed by atoms with Crippen molar-refractivity contribution >= 4 is 32.6 Å². The second-order valence-corrected chi connectivity index (χ2v) is 15.5. The summed E-state index contributed by atoms with van der Waals surface area (Å²) in [5.41, 5.74) is 16.7. The second kappa shape index (κ2) is 13.8. The van der Waals surface area contributed by atoms with Crippen LogP contribution in [0.3, 0.4) is 0 Å². The Hall–Kier alpha value is -8.01. The highest BCUT2D eigenvalue weighted by molar-refractivity contribution is 6.15. The van der Waals surface area contributed by atoms with E-state index in [1.165, 1.54) is 38.4 Å². The molecule has 0 N–H and O–H groups in total. The van der Waals surface area contributed by atoms with E-state index < -0.39 is 0 Å². The van der Waals surface area contributed by atoms with Gasteiger partial charge in [0.25, 0.3) is 0 Å². The molecule has 3 heteroatoms. The monoisotopic (exact) mass is 764 g/mol. The number of ether oxygens (including phenoxy) is 1. The van der Waals surface area contributed by atoms with Crippen LogP contribution in [-0.4, -0.2) is 9.55 Å². The molecule has 0 unspecified atom stereocenters. The molecule has 0 radical (unpaired) electrons. The highest BCUT2D eigenvalue weighted by atomic mass is 16.5. The van der Waals surface area contributed by atoms with Gasteiger partial charge in [-0.15, -0.1) is 0 Å². The lowest BCUT2D eigenvalue weighted by Crippen LogP contribution is -1.97. The molecule has 280 valence electrons. The molecule has 0 spiro atoms. The molecule has 3 nitrogen and oxygen atoms in total. The summed E-state index contributed by atoms with van der Waals surface area (Å²) < 4.78 is 8.91. The molecule has 0 saturated carbocycles. The van der Waals surface area contributed by atoms with Gasteiger partial charge in [-0.3, -0.25) is 0 Å². The van der Waals surface area contributed by atoms with Gasteiger partial charge < -0.3 is 9.30 Å². The number of rotatable bonds is 6. The zero-order valence-corrected chi connectivity index (χ0v) is 32.6. The standard InChI is InChI=1S/C57H36N2O/c1-4-14-37(15-5-1)44-35-51(39-18-8-3-9-19-39)58-52(36-44)43-22-10-23-45(32-43)59-53-30-28-41(33-49(53)48-26-13-24-46(57(48)59)38-16-6-2-7-17-38)42-29-31-54-50(34-42)47-25-11-20-40-21-12-27-55(60-54)56(40)47/h1-36H. The minimum atomic E-state index is 0.884. The normalized spacial score (nSPS) is 11.8. The van der Waals surface area contributed by atoms with Crippen molar-refractivity contribution in [1.29, 1.82) is 0 Å². The Bertz CT molecular complexity index is 3380. The minimum Gasteiger partial charge on any atom is -0.456 e. The van der Waals surface area contributed by atoms with Crippen LogP contribution in [-0.2, 0) is 0 Å². The second-order valence-electron chi connectivity index (χ2n) is 15.5. The molecular formula is C57H36N2O. The van der Waals surface area contributed by atoms with Crippen molar-refractivity contribution < 1.29 is 4.74 Å². The fourth-order valence-corrected chi connectivity index (χ4v) is 9.15. The van der Waals surface area contributed by atoms with Crippen LogP contribution < -0.4 is 4.74 Å². The van der Waals surface area contributed by atoms with Gasteiger partial charge in [0.15, 0.2) is 0 Å². The number of nitrogens with zero attached hydrogens (tertiary/aromatic N) is 2. The average molecular weight is 765 g/mol. The van der Waals surface area contributed by atoms with Crippen molar-refractivity contribution in [2.45, 2.75) is 0 Å². The number of pyridine rings is 1. The van der Waals surface area contributed by atoms with Crippen LogP contribution in [0.15, 0.2) is 218 Å². The smallest absolute Gasteiger partial charge is 0.135 e. The third-order valence-corrected chi connectivity index (χ3v) is 12.0. The fraction of sp³-hybridized carbons (Fsp3) is 0. The molecule has 0 saturated heterocycles. The van der Waals surface area contributed by atoms with E-state index in [0.29, 0.717) is 0 Å². The van der Waals surface area contributed by atoms with E-state index in [1.807, 2.05) is 0 Å². The van der Waals surface area contributed by atoms with Gasteiger partial charge in [0.05, 0.1) is 22.4 Å². The summed E-state index contributed by atoms with van der Waals surface area (Å²) in [7, 11) is 0. The molecule has 3 heterocycles. The fourth-order valence-electron chi connectivity index (χ4n) is 9.15. The van der Waals surface area contributed by atoms with Gasteiger partial charge in [0.1, 0.15) is 11.5 Å². The van der Waals surface area contributed by atoms with Crippen molar-refractivity contribution in [2.75, 3.05) is 0 Å². The summed E-state index contributed by atoms with van der Waals surface area (Å²) in [6, 6.07) is 78.1. The number of fused-ring (bicyclic) bond motifs is 5. The third-order valence-electron chi connectivity index (χ3n) is 12.0. The Morgan fingerprint density at radius 3 is 1.78 bits per heavy atom. The number of hydrogen-bond acceptors (Lipinski definition) is 2. The van der Waals surface area contributed by atoms with Crippen LogP contribution in [0.1, 0.15) is 0 Å². The summed E-state index contributed by atoms with van der Waals surface area (Å²) in [5, 5.41) is 4.75. The first-order valence-electron chi connectivity index (χ1n) is 20.4. The summed E-state index contributed by atoms with van der Waals surface area (Å²) in [6.45, 7) is 0. The van der Waals surface area contributed by atoms with E-state index in [4.69, 9.17) is 9.72 Å². The highest BCUT2D eigenvalue weighted by Crippen LogP contribution is 2.48. The van der Waals surface area contributed by atoms with Gasteiger partial charge in [0, 0.05) is 44.1 Å². The quantitative estimate of drug-likeness (QED) is 0.169. The van der Waals surface area contributed by atoms with Crippen LogP contribution in [0.5, 0.6) is 11.5 Å². The van der Waals surface area contributed by atoms with Crippen molar-refractivity contribution in [1.82, 2.24) is 9.55 Å². The number of hydrogen-bond donors (Lipinski definition) is 0. The largest absolute Gasteiger partial charge is 0.456 e. The van der Waals surface area contributed by atoms with E-state index in [0.717, 1.165) is 78.4 Å². The summed E-state index contributed by atoms with van der Waals surface area (Å²) in [5.74, 6) is 1.79. The lowest BCUT2D eigenvalue weighted by atomic mass is 9.92. The molecule has 0 atom stereocenters. The Balaban J connectivity index is 1.05. The molecule has 0 amide bonds. The van der Waals surface area contributed by atoms with Gasteiger partial charge in [-0.2, -0.15) is 0 Å². The van der Waals surface area contributed by atoms with Crippen molar-refractivity contribution in [2.24, 2.45) is 0 Å². The maximum atomic E-state index is 6.47. The Kier molecular flexibility index (Phi) is 7.85. The molecule has 0 fully saturated rings. The highest BCUT2D eigenvalue weighted by Gasteiger charge is 2.22.